The first-order valence-electron chi connectivity index (χ1n) is 14.7. The number of nitrogens with one attached hydrogen (secondary N) is 1. The lowest BCUT2D eigenvalue weighted by Crippen LogP contribution is -2.47. The van der Waals surface area contributed by atoms with Crippen molar-refractivity contribution in [2.75, 3.05) is 26.2 Å². The molecule has 38 heavy (non-hydrogen) atoms. The Bertz CT molecular complexity index is 1260. The van der Waals surface area contributed by atoms with Gasteiger partial charge in [0.1, 0.15) is 11.6 Å². The molecule has 6 heteroatoms. The second-order valence-corrected chi connectivity index (χ2v) is 12.2. The Morgan fingerprint density at radius 1 is 0.974 bits per heavy atom. The molecule has 1 N–H and O–H groups in total. The number of imidazole rings is 1. The Balaban J connectivity index is 1.10. The maximum Gasteiger partial charge on any atom is 0.123 e. The molecular formula is C32H40FN5. The average molecular weight is 514 g/mol. The third-order valence-corrected chi connectivity index (χ3v) is 9.81. The molecule has 4 atom stereocenters. The van der Waals surface area contributed by atoms with Crippen LogP contribution in [0.15, 0.2) is 54.6 Å². The number of benzene rings is 2. The molecule has 0 aliphatic carbocycles. The molecule has 0 saturated carbocycles. The number of piperidine rings is 1. The summed E-state index contributed by atoms with van der Waals surface area (Å²) < 4.78 is 16.9. The monoisotopic (exact) mass is 513 g/mol. The second-order valence-electron chi connectivity index (χ2n) is 12.2. The number of rotatable bonds is 6. The van der Waals surface area contributed by atoms with Crippen LogP contribution >= 0.6 is 0 Å². The van der Waals surface area contributed by atoms with E-state index in [2.05, 4.69) is 63.0 Å². The fourth-order valence-electron chi connectivity index (χ4n) is 8.21. The van der Waals surface area contributed by atoms with Gasteiger partial charge in [-0.2, -0.15) is 0 Å². The number of aryl methyl sites for hydroxylation is 1. The summed E-state index contributed by atoms with van der Waals surface area (Å²) in [5, 5.41) is 3.49. The molecule has 200 valence electrons. The molecule has 3 aromatic rings. The van der Waals surface area contributed by atoms with Gasteiger partial charge in [0.15, 0.2) is 0 Å². The molecular weight excluding hydrogens is 473 g/mol. The van der Waals surface area contributed by atoms with E-state index in [0.29, 0.717) is 30.0 Å². The molecule has 5 nitrogen and oxygen atoms in total. The zero-order valence-corrected chi connectivity index (χ0v) is 22.5. The minimum absolute atomic E-state index is 0.113. The third-order valence-electron chi connectivity index (χ3n) is 9.81. The van der Waals surface area contributed by atoms with Crippen LogP contribution in [0, 0.1) is 18.7 Å². The predicted molar refractivity (Wildman–Crippen MR) is 149 cm³/mol. The summed E-state index contributed by atoms with van der Waals surface area (Å²) in [6, 6.07) is 20.1. The molecule has 3 saturated heterocycles. The maximum absolute atomic E-state index is 14.3. The smallest absolute Gasteiger partial charge is 0.123 e. The van der Waals surface area contributed by atoms with Crippen LogP contribution in [-0.2, 0) is 19.5 Å². The number of aromatic nitrogens is 2. The highest BCUT2D eigenvalue weighted by atomic mass is 19.1. The normalized spacial score (nSPS) is 29.6. The third kappa shape index (κ3) is 4.61. The van der Waals surface area contributed by atoms with Gasteiger partial charge >= 0.3 is 0 Å². The van der Waals surface area contributed by atoms with Crippen LogP contribution in [-0.4, -0.2) is 57.6 Å². The van der Waals surface area contributed by atoms with E-state index in [-0.39, 0.29) is 5.82 Å². The number of likely N-dealkylation sites (tertiary alicyclic amines) is 1. The van der Waals surface area contributed by atoms with Gasteiger partial charge < -0.3 is 9.88 Å². The molecule has 1 aromatic heterocycles. The number of hydrogen-bond acceptors (Lipinski definition) is 4. The first-order valence-corrected chi connectivity index (χ1v) is 14.7. The fourth-order valence-corrected chi connectivity index (χ4v) is 8.21. The Morgan fingerprint density at radius 2 is 1.79 bits per heavy atom. The Labute approximate surface area is 226 Å². The van der Waals surface area contributed by atoms with E-state index in [4.69, 9.17) is 4.98 Å². The molecule has 0 radical (unpaired) electrons. The second kappa shape index (κ2) is 10.2. The number of nitrogens with zero attached hydrogens (tertiary/aromatic N) is 4. The quantitative estimate of drug-likeness (QED) is 0.500. The van der Waals surface area contributed by atoms with Gasteiger partial charge in [-0.15, -0.1) is 0 Å². The van der Waals surface area contributed by atoms with Gasteiger partial charge in [-0.1, -0.05) is 42.5 Å². The van der Waals surface area contributed by atoms with Gasteiger partial charge in [-0.05, 0) is 61.8 Å². The highest BCUT2D eigenvalue weighted by Gasteiger charge is 2.45. The lowest BCUT2D eigenvalue weighted by Gasteiger charge is -2.42. The topological polar surface area (TPSA) is 36.3 Å². The lowest BCUT2D eigenvalue weighted by molar-refractivity contribution is 0.0856. The Hall–Kier alpha value is -2.54. The van der Waals surface area contributed by atoms with Crippen molar-refractivity contribution in [3.05, 3.63) is 88.8 Å². The van der Waals surface area contributed by atoms with Crippen molar-refractivity contribution >= 4 is 0 Å². The molecule has 4 aliphatic rings. The van der Waals surface area contributed by atoms with Crippen molar-refractivity contribution in [1.82, 2.24) is 24.7 Å². The van der Waals surface area contributed by atoms with E-state index in [1.165, 1.54) is 54.0 Å². The largest absolute Gasteiger partial charge is 0.329 e. The zero-order chi connectivity index (χ0) is 25.6. The fraction of sp³-hybridized carbons (Fsp3) is 0.531. The minimum atomic E-state index is -0.113. The first kappa shape index (κ1) is 24.5. The number of halogens is 1. The molecule has 2 bridgehead atoms. The summed E-state index contributed by atoms with van der Waals surface area (Å²) >= 11 is 0. The van der Waals surface area contributed by atoms with E-state index in [1.54, 1.807) is 12.1 Å². The van der Waals surface area contributed by atoms with Gasteiger partial charge in [0.25, 0.3) is 0 Å². The van der Waals surface area contributed by atoms with E-state index in [1.807, 2.05) is 6.07 Å². The van der Waals surface area contributed by atoms with Gasteiger partial charge in [0, 0.05) is 75.4 Å². The van der Waals surface area contributed by atoms with Crippen LogP contribution in [0.1, 0.15) is 66.0 Å². The van der Waals surface area contributed by atoms with Crippen molar-refractivity contribution in [3.63, 3.8) is 0 Å². The van der Waals surface area contributed by atoms with E-state index >= 15 is 0 Å². The number of hydrogen-bond donors (Lipinski definition) is 1. The average Bonchev–Trinajstić information content (AvgIpc) is 3.54. The standard InChI is InChI=1S/C32H40FN5/c1-22-35-31-17-34-13-12-32(31)38(22)29-15-27-10-11-28(16-29)37(27)20-25-19-36(18-23-6-3-2-4-7-23)21-30(25)24-8-5-9-26(33)14-24/h2-9,14,25,27-30,34H,10-13,15-21H2,1H3. The van der Waals surface area contributed by atoms with Crippen LogP contribution in [0.2, 0.25) is 0 Å². The first-order chi connectivity index (χ1) is 18.6. The zero-order valence-electron chi connectivity index (χ0n) is 22.5. The van der Waals surface area contributed by atoms with E-state index in [0.717, 1.165) is 45.7 Å². The Kier molecular flexibility index (Phi) is 6.58. The van der Waals surface area contributed by atoms with E-state index in [9.17, 15) is 4.39 Å². The van der Waals surface area contributed by atoms with Crippen molar-refractivity contribution in [2.24, 2.45) is 5.92 Å². The molecule has 4 unspecified atom stereocenters. The summed E-state index contributed by atoms with van der Waals surface area (Å²) in [6.45, 7) is 8.36. The minimum Gasteiger partial charge on any atom is -0.329 e. The molecule has 5 heterocycles. The van der Waals surface area contributed by atoms with Crippen molar-refractivity contribution in [3.8, 4) is 0 Å². The van der Waals surface area contributed by atoms with Gasteiger partial charge in [0.2, 0.25) is 0 Å². The molecule has 0 amide bonds. The highest BCUT2D eigenvalue weighted by Crippen LogP contribution is 2.44. The van der Waals surface area contributed by atoms with Crippen molar-refractivity contribution in [2.45, 2.75) is 76.2 Å². The van der Waals surface area contributed by atoms with Crippen LogP contribution in [0.25, 0.3) is 0 Å². The molecule has 0 spiro atoms. The highest BCUT2D eigenvalue weighted by molar-refractivity contribution is 5.25. The van der Waals surface area contributed by atoms with Crippen LogP contribution in [0.3, 0.4) is 0 Å². The maximum atomic E-state index is 14.3. The van der Waals surface area contributed by atoms with Crippen LogP contribution < -0.4 is 5.32 Å². The van der Waals surface area contributed by atoms with Crippen LogP contribution in [0.4, 0.5) is 4.39 Å². The van der Waals surface area contributed by atoms with E-state index < -0.39 is 0 Å². The summed E-state index contributed by atoms with van der Waals surface area (Å²) in [4.78, 5) is 10.4. The lowest BCUT2D eigenvalue weighted by atomic mass is 9.87. The van der Waals surface area contributed by atoms with Crippen molar-refractivity contribution < 1.29 is 4.39 Å². The summed E-state index contributed by atoms with van der Waals surface area (Å²) in [5.41, 5.74) is 5.28. The summed E-state index contributed by atoms with van der Waals surface area (Å²) in [6.07, 6.45) is 6.19. The molecule has 3 fully saturated rings. The Morgan fingerprint density at radius 3 is 2.58 bits per heavy atom. The van der Waals surface area contributed by atoms with Gasteiger partial charge in [-0.3, -0.25) is 9.80 Å². The molecule has 2 aromatic carbocycles. The van der Waals surface area contributed by atoms with Gasteiger partial charge in [-0.25, -0.2) is 9.37 Å². The van der Waals surface area contributed by atoms with Crippen molar-refractivity contribution in [1.29, 1.82) is 0 Å². The summed E-state index contributed by atoms with van der Waals surface area (Å²) in [5.74, 6) is 1.99. The van der Waals surface area contributed by atoms with Crippen LogP contribution in [0.5, 0.6) is 0 Å². The summed E-state index contributed by atoms with van der Waals surface area (Å²) in [7, 11) is 0. The SMILES string of the molecule is Cc1nc2c(n1C1CC3CCC(C1)N3CC1CN(Cc3ccccc3)CC1c1cccc(F)c1)CCNC2. The van der Waals surface area contributed by atoms with Gasteiger partial charge in [0.05, 0.1) is 5.69 Å². The predicted octanol–water partition coefficient (Wildman–Crippen LogP) is 5.06. The molecule has 7 rings (SSSR count). The molecule has 4 aliphatic heterocycles. The number of fused-ring (bicyclic) bond motifs is 3.